The van der Waals surface area contributed by atoms with Crippen molar-refractivity contribution < 1.29 is 0 Å². The Kier molecular flexibility index (Phi) is 3.95. The fraction of sp³-hybridized carbons (Fsp3) is 1.00. The molecule has 0 aromatic rings. The Morgan fingerprint density at radius 2 is 2.00 bits per heavy atom. The fourth-order valence-corrected chi connectivity index (χ4v) is 2.85. The first-order valence-corrected chi connectivity index (χ1v) is 5.79. The van der Waals surface area contributed by atoms with Crippen molar-refractivity contribution in [1.29, 1.82) is 0 Å². The lowest BCUT2D eigenvalue weighted by molar-refractivity contribution is 0.357. The maximum atomic E-state index is 4.56. The van der Waals surface area contributed by atoms with Crippen molar-refractivity contribution in [2.45, 2.75) is 51.7 Å². The van der Waals surface area contributed by atoms with E-state index < -0.39 is 0 Å². The van der Waals surface area contributed by atoms with E-state index in [1.54, 1.807) is 0 Å². The largest absolute Gasteiger partial charge is 0.176 e. The summed E-state index contributed by atoms with van der Waals surface area (Å²) in [5.41, 5.74) is 0. The Labute approximate surface area is 82.5 Å². The van der Waals surface area contributed by atoms with Crippen LogP contribution in [-0.4, -0.2) is 5.25 Å². The van der Waals surface area contributed by atoms with Crippen LogP contribution in [0, 0.1) is 17.8 Å². The normalized spacial score (nSPS) is 36.2. The Morgan fingerprint density at radius 3 is 2.42 bits per heavy atom. The van der Waals surface area contributed by atoms with Crippen LogP contribution in [0.15, 0.2) is 0 Å². The molecule has 1 heteroatoms. The first kappa shape index (κ1) is 10.4. The van der Waals surface area contributed by atoms with Crippen molar-refractivity contribution in [3.63, 3.8) is 0 Å². The van der Waals surface area contributed by atoms with Gasteiger partial charge in [-0.25, -0.2) is 0 Å². The lowest BCUT2D eigenvalue weighted by Gasteiger charge is -2.15. The van der Waals surface area contributed by atoms with E-state index in [1.165, 1.54) is 25.7 Å². The van der Waals surface area contributed by atoms with Gasteiger partial charge in [-0.3, -0.25) is 0 Å². The van der Waals surface area contributed by atoms with Gasteiger partial charge in [0.1, 0.15) is 0 Å². The van der Waals surface area contributed by atoms with Gasteiger partial charge in [-0.15, -0.1) is 0 Å². The lowest BCUT2D eigenvalue weighted by Crippen LogP contribution is -2.05. The van der Waals surface area contributed by atoms with E-state index in [-0.39, 0.29) is 0 Å². The van der Waals surface area contributed by atoms with Gasteiger partial charge < -0.3 is 0 Å². The first-order valence-electron chi connectivity index (χ1n) is 5.27. The van der Waals surface area contributed by atoms with E-state index >= 15 is 0 Å². The molecule has 0 N–H and O–H groups in total. The maximum Gasteiger partial charge on any atom is 0.00221 e. The lowest BCUT2D eigenvalue weighted by atomic mass is 9.90. The Balaban J connectivity index is 2.23. The molecule has 0 saturated heterocycles. The Morgan fingerprint density at radius 1 is 1.33 bits per heavy atom. The van der Waals surface area contributed by atoms with Crippen molar-refractivity contribution in [1.82, 2.24) is 0 Å². The second kappa shape index (κ2) is 4.55. The molecule has 1 aliphatic carbocycles. The Hall–Kier alpha value is 0.350. The van der Waals surface area contributed by atoms with E-state index in [2.05, 4.69) is 33.4 Å². The highest BCUT2D eigenvalue weighted by atomic mass is 32.1. The number of hydrogen-bond donors (Lipinski definition) is 1. The van der Waals surface area contributed by atoms with Gasteiger partial charge in [0, 0.05) is 5.25 Å². The first-order chi connectivity index (χ1) is 5.59. The molecule has 0 aromatic heterocycles. The molecular formula is C11H22S. The number of thiol groups is 1. The summed E-state index contributed by atoms with van der Waals surface area (Å²) in [6.45, 7) is 7.02. The minimum Gasteiger partial charge on any atom is -0.176 e. The van der Waals surface area contributed by atoms with Gasteiger partial charge in [0.25, 0.3) is 0 Å². The average Bonchev–Trinajstić information content (AvgIpc) is 2.26. The van der Waals surface area contributed by atoms with Gasteiger partial charge in [0.2, 0.25) is 0 Å². The minimum atomic E-state index is 0.692. The molecule has 0 nitrogen and oxygen atoms in total. The third-order valence-electron chi connectivity index (χ3n) is 3.14. The van der Waals surface area contributed by atoms with Crippen LogP contribution in [0.25, 0.3) is 0 Å². The van der Waals surface area contributed by atoms with Crippen LogP contribution in [0.4, 0.5) is 0 Å². The van der Waals surface area contributed by atoms with Crippen LogP contribution in [0.5, 0.6) is 0 Å². The molecule has 1 fully saturated rings. The second-order valence-electron chi connectivity index (χ2n) is 4.83. The molecule has 1 saturated carbocycles. The zero-order valence-electron chi connectivity index (χ0n) is 8.59. The van der Waals surface area contributed by atoms with Crippen molar-refractivity contribution in [3.05, 3.63) is 0 Å². The van der Waals surface area contributed by atoms with E-state index in [4.69, 9.17) is 0 Å². The minimum absolute atomic E-state index is 0.692. The molecule has 0 heterocycles. The second-order valence-corrected chi connectivity index (χ2v) is 5.56. The van der Waals surface area contributed by atoms with Gasteiger partial charge in [-0.2, -0.15) is 12.6 Å². The highest BCUT2D eigenvalue weighted by Gasteiger charge is 2.28. The molecule has 1 aliphatic rings. The van der Waals surface area contributed by atoms with Crippen LogP contribution >= 0.6 is 12.6 Å². The molecule has 72 valence electrons. The summed E-state index contributed by atoms with van der Waals surface area (Å²) >= 11 is 4.56. The third kappa shape index (κ3) is 3.01. The molecule has 0 aliphatic heterocycles. The summed E-state index contributed by atoms with van der Waals surface area (Å²) in [5.74, 6) is 2.76. The Bertz CT molecular complexity index is 131. The number of hydrogen-bond acceptors (Lipinski definition) is 1. The number of rotatable bonds is 3. The topological polar surface area (TPSA) is 0 Å². The van der Waals surface area contributed by atoms with Crippen molar-refractivity contribution in [2.24, 2.45) is 17.8 Å². The molecular weight excluding hydrogens is 164 g/mol. The highest BCUT2D eigenvalue weighted by molar-refractivity contribution is 7.80. The van der Waals surface area contributed by atoms with Gasteiger partial charge in [-0.1, -0.05) is 27.2 Å². The van der Waals surface area contributed by atoms with Crippen molar-refractivity contribution >= 4 is 12.6 Å². The molecule has 3 unspecified atom stereocenters. The quantitative estimate of drug-likeness (QED) is 0.637. The zero-order chi connectivity index (χ0) is 9.14. The molecule has 0 bridgehead atoms. The van der Waals surface area contributed by atoms with Crippen LogP contribution < -0.4 is 0 Å². The average molecular weight is 186 g/mol. The summed E-state index contributed by atoms with van der Waals surface area (Å²) in [6, 6.07) is 0. The third-order valence-corrected chi connectivity index (χ3v) is 3.56. The van der Waals surface area contributed by atoms with Crippen LogP contribution in [0.1, 0.15) is 46.5 Å². The molecule has 0 aromatic carbocycles. The van der Waals surface area contributed by atoms with Gasteiger partial charge >= 0.3 is 0 Å². The van der Waals surface area contributed by atoms with Crippen molar-refractivity contribution in [3.8, 4) is 0 Å². The molecule has 0 spiro atoms. The van der Waals surface area contributed by atoms with E-state index in [0.717, 1.165) is 17.8 Å². The monoisotopic (exact) mass is 186 g/mol. The highest BCUT2D eigenvalue weighted by Crippen LogP contribution is 2.37. The van der Waals surface area contributed by atoms with Gasteiger partial charge in [0.05, 0.1) is 0 Å². The van der Waals surface area contributed by atoms with Crippen molar-refractivity contribution in [2.75, 3.05) is 0 Å². The molecule has 12 heavy (non-hydrogen) atoms. The van der Waals surface area contributed by atoms with E-state index in [1.807, 2.05) is 0 Å². The summed E-state index contributed by atoms with van der Waals surface area (Å²) in [5, 5.41) is 0.692. The smallest absolute Gasteiger partial charge is 0.00221 e. The fourth-order valence-electron chi connectivity index (χ4n) is 2.25. The predicted molar refractivity (Wildman–Crippen MR) is 58.7 cm³/mol. The molecule has 3 atom stereocenters. The van der Waals surface area contributed by atoms with E-state index in [0.29, 0.717) is 5.25 Å². The van der Waals surface area contributed by atoms with Crippen LogP contribution in [-0.2, 0) is 0 Å². The summed E-state index contributed by atoms with van der Waals surface area (Å²) in [6.07, 6.45) is 5.52. The van der Waals surface area contributed by atoms with E-state index in [9.17, 15) is 0 Å². The van der Waals surface area contributed by atoms with Gasteiger partial charge in [-0.05, 0) is 37.0 Å². The standard InChI is InChI=1S/C11H22S/c1-8(2)4-5-10-7-11(12)6-9(10)3/h8-12H,4-7H2,1-3H3. The van der Waals surface area contributed by atoms with Crippen LogP contribution in [0.3, 0.4) is 0 Å². The summed E-state index contributed by atoms with van der Waals surface area (Å²) < 4.78 is 0. The molecule has 0 radical (unpaired) electrons. The summed E-state index contributed by atoms with van der Waals surface area (Å²) in [7, 11) is 0. The molecule has 0 amide bonds. The SMILES string of the molecule is CC(C)CCC1CC(S)CC1C. The predicted octanol–water partition coefficient (Wildman–Crippen LogP) is 3.77. The van der Waals surface area contributed by atoms with Gasteiger partial charge in [0.15, 0.2) is 0 Å². The maximum absolute atomic E-state index is 4.56. The summed E-state index contributed by atoms with van der Waals surface area (Å²) in [4.78, 5) is 0. The molecule has 1 rings (SSSR count). The zero-order valence-corrected chi connectivity index (χ0v) is 9.48. The van der Waals surface area contributed by atoms with Crippen LogP contribution in [0.2, 0.25) is 0 Å².